The first-order valence-electron chi connectivity index (χ1n) is 11.9. The van der Waals surface area contributed by atoms with E-state index in [0.717, 1.165) is 37.6 Å². The second kappa shape index (κ2) is 15.5. The lowest BCUT2D eigenvalue weighted by molar-refractivity contribution is -0.121. The number of hydrogen-bond acceptors (Lipinski definition) is 1. The van der Waals surface area contributed by atoms with Crippen molar-refractivity contribution in [3.63, 3.8) is 0 Å². The topological polar surface area (TPSA) is 44.9 Å². The molecule has 0 saturated heterocycles. The van der Waals surface area contributed by atoms with E-state index in [1.807, 2.05) is 6.07 Å². The van der Waals surface area contributed by atoms with Crippen LogP contribution in [-0.4, -0.2) is 17.4 Å². The van der Waals surface area contributed by atoms with E-state index in [1.54, 1.807) is 0 Å². The molecule has 30 heavy (non-hydrogen) atoms. The van der Waals surface area contributed by atoms with Crippen LogP contribution in [0.25, 0.3) is 10.9 Å². The zero-order valence-corrected chi connectivity index (χ0v) is 18.8. The molecule has 0 aliphatic heterocycles. The summed E-state index contributed by atoms with van der Waals surface area (Å²) in [6.07, 6.45) is 24.7. The molecule has 0 atom stereocenters. The van der Waals surface area contributed by atoms with Crippen molar-refractivity contribution in [2.24, 2.45) is 0 Å². The zero-order chi connectivity index (χ0) is 21.3. The van der Waals surface area contributed by atoms with Crippen LogP contribution >= 0.6 is 0 Å². The van der Waals surface area contributed by atoms with Crippen LogP contribution in [0.1, 0.15) is 83.1 Å². The molecule has 0 unspecified atom stereocenters. The average Bonchev–Trinajstić information content (AvgIpc) is 3.17. The number of nitrogens with one attached hydrogen (secondary N) is 2. The molecule has 1 amide bonds. The Morgan fingerprint density at radius 1 is 0.933 bits per heavy atom. The van der Waals surface area contributed by atoms with Crippen molar-refractivity contribution in [2.75, 3.05) is 6.54 Å². The van der Waals surface area contributed by atoms with E-state index in [0.29, 0.717) is 13.0 Å². The summed E-state index contributed by atoms with van der Waals surface area (Å²) in [6.45, 7) is 2.95. The number of para-hydroxylation sites is 1. The molecule has 0 aliphatic carbocycles. The number of hydrogen-bond donors (Lipinski definition) is 2. The van der Waals surface area contributed by atoms with Gasteiger partial charge >= 0.3 is 0 Å². The molecule has 2 rings (SSSR count). The van der Waals surface area contributed by atoms with Crippen LogP contribution in [0.4, 0.5) is 0 Å². The van der Waals surface area contributed by atoms with E-state index >= 15 is 0 Å². The third-order valence-electron chi connectivity index (χ3n) is 5.50. The molecule has 0 bridgehead atoms. The number of amides is 1. The molecule has 1 heterocycles. The first-order valence-corrected chi connectivity index (χ1v) is 11.9. The van der Waals surface area contributed by atoms with Crippen molar-refractivity contribution in [3.05, 3.63) is 60.3 Å². The normalized spacial score (nSPS) is 11.8. The van der Waals surface area contributed by atoms with E-state index in [4.69, 9.17) is 0 Å². The number of aromatic amines is 1. The van der Waals surface area contributed by atoms with Gasteiger partial charge in [0.05, 0.1) is 0 Å². The number of aromatic nitrogens is 1. The van der Waals surface area contributed by atoms with Crippen LogP contribution < -0.4 is 5.32 Å². The molecule has 2 aromatic rings. The van der Waals surface area contributed by atoms with Gasteiger partial charge in [0.1, 0.15) is 0 Å². The summed E-state index contributed by atoms with van der Waals surface area (Å²) < 4.78 is 0. The van der Waals surface area contributed by atoms with Crippen LogP contribution in [0.2, 0.25) is 0 Å². The highest BCUT2D eigenvalue weighted by molar-refractivity contribution is 5.83. The smallest absolute Gasteiger partial charge is 0.220 e. The van der Waals surface area contributed by atoms with Gasteiger partial charge in [0, 0.05) is 30.1 Å². The van der Waals surface area contributed by atoms with Gasteiger partial charge in [-0.2, -0.15) is 0 Å². The minimum absolute atomic E-state index is 0.181. The van der Waals surface area contributed by atoms with Gasteiger partial charge < -0.3 is 10.3 Å². The zero-order valence-electron chi connectivity index (χ0n) is 18.8. The Balaban J connectivity index is 1.42. The molecular weight excluding hydrogens is 368 g/mol. The molecule has 1 aromatic carbocycles. The van der Waals surface area contributed by atoms with E-state index in [9.17, 15) is 4.79 Å². The maximum Gasteiger partial charge on any atom is 0.220 e. The summed E-state index contributed by atoms with van der Waals surface area (Å²) in [5.41, 5.74) is 2.43. The van der Waals surface area contributed by atoms with Crippen LogP contribution in [0, 0.1) is 0 Å². The van der Waals surface area contributed by atoms with Gasteiger partial charge in [-0.05, 0) is 56.6 Å². The molecule has 3 heteroatoms. The Morgan fingerprint density at radius 2 is 1.67 bits per heavy atom. The molecule has 0 radical (unpaired) electrons. The van der Waals surface area contributed by atoms with Crippen LogP contribution in [0.3, 0.4) is 0 Å². The molecule has 3 nitrogen and oxygen atoms in total. The fourth-order valence-corrected chi connectivity index (χ4v) is 3.68. The maximum atomic E-state index is 12.0. The number of H-pyrrole nitrogens is 1. The Kier molecular flexibility index (Phi) is 12.4. The van der Waals surface area contributed by atoms with Crippen molar-refractivity contribution < 1.29 is 4.79 Å². The van der Waals surface area contributed by atoms with Gasteiger partial charge in [-0.3, -0.25) is 4.79 Å². The van der Waals surface area contributed by atoms with E-state index < -0.39 is 0 Å². The predicted octanol–water partition coefficient (Wildman–Crippen LogP) is 7.25. The summed E-state index contributed by atoms with van der Waals surface area (Å²) >= 11 is 0. The number of rotatable bonds is 16. The van der Waals surface area contributed by atoms with Gasteiger partial charge in [0.2, 0.25) is 5.91 Å². The van der Waals surface area contributed by atoms with Gasteiger partial charge in [0.25, 0.3) is 0 Å². The minimum Gasteiger partial charge on any atom is -0.361 e. The van der Waals surface area contributed by atoms with Crippen molar-refractivity contribution in [3.8, 4) is 0 Å². The van der Waals surface area contributed by atoms with E-state index in [-0.39, 0.29) is 5.91 Å². The lowest BCUT2D eigenvalue weighted by Gasteiger charge is -2.05. The Hall–Kier alpha value is -2.29. The monoisotopic (exact) mass is 408 g/mol. The molecular formula is C27H40N2O. The number of carbonyl (C=O) groups is 1. The predicted molar refractivity (Wildman–Crippen MR) is 130 cm³/mol. The fraction of sp³-hybridized carbons (Fsp3) is 0.519. The third-order valence-corrected chi connectivity index (χ3v) is 5.50. The van der Waals surface area contributed by atoms with E-state index in [2.05, 4.69) is 65.9 Å². The molecule has 1 aromatic heterocycles. The molecule has 2 N–H and O–H groups in total. The average molecular weight is 409 g/mol. The Morgan fingerprint density at radius 3 is 2.47 bits per heavy atom. The number of fused-ring (bicyclic) bond motifs is 1. The Bertz CT molecular complexity index is 772. The van der Waals surface area contributed by atoms with Crippen molar-refractivity contribution >= 4 is 16.8 Å². The fourth-order valence-electron chi connectivity index (χ4n) is 3.68. The minimum atomic E-state index is 0.181. The standard InChI is InChI=1S/C27H40N2O/c1-2-3-4-5-6-7-8-9-10-11-12-13-14-15-20-27(30)28-22-21-24-23-29-26-19-17-16-18-25(24)26/h6-7,9-10,16-19,23,29H,2-5,8,11-15,20-22H2,1H3,(H,28,30)/b7-6-,10-9-. The Labute approximate surface area is 183 Å². The lowest BCUT2D eigenvalue weighted by Crippen LogP contribution is -2.25. The largest absolute Gasteiger partial charge is 0.361 e. The molecule has 0 saturated carbocycles. The van der Waals surface area contributed by atoms with Crippen LogP contribution in [-0.2, 0) is 11.2 Å². The summed E-state index contributed by atoms with van der Waals surface area (Å²) in [4.78, 5) is 15.3. The van der Waals surface area contributed by atoms with Crippen molar-refractivity contribution in [2.45, 2.75) is 84.0 Å². The second-order valence-electron chi connectivity index (χ2n) is 8.09. The highest BCUT2D eigenvalue weighted by Crippen LogP contribution is 2.17. The molecule has 164 valence electrons. The van der Waals surface area contributed by atoms with Crippen LogP contribution in [0.15, 0.2) is 54.8 Å². The number of allylic oxidation sites excluding steroid dienone is 4. The third kappa shape index (κ3) is 9.96. The van der Waals surface area contributed by atoms with Crippen molar-refractivity contribution in [1.29, 1.82) is 0 Å². The first kappa shape index (κ1) is 24.0. The molecule has 0 aliphatic rings. The summed E-state index contributed by atoms with van der Waals surface area (Å²) in [5.74, 6) is 0.181. The van der Waals surface area contributed by atoms with Gasteiger partial charge in [-0.1, -0.05) is 75.1 Å². The molecule has 0 fully saturated rings. The lowest BCUT2D eigenvalue weighted by atomic mass is 10.1. The maximum absolute atomic E-state index is 12.0. The molecule has 0 spiro atoms. The quantitative estimate of drug-likeness (QED) is 0.223. The highest BCUT2D eigenvalue weighted by atomic mass is 16.1. The van der Waals surface area contributed by atoms with Crippen molar-refractivity contribution in [1.82, 2.24) is 10.3 Å². The van der Waals surface area contributed by atoms with Gasteiger partial charge in [-0.25, -0.2) is 0 Å². The SMILES string of the molecule is CCCCC/C=C\C/C=C\CCCCCCC(=O)NCCc1c[nH]c2ccccc12. The summed E-state index contributed by atoms with van der Waals surface area (Å²) in [6, 6.07) is 8.30. The van der Waals surface area contributed by atoms with E-state index in [1.165, 1.54) is 49.5 Å². The summed E-state index contributed by atoms with van der Waals surface area (Å²) in [5, 5.41) is 4.32. The number of carbonyl (C=O) groups excluding carboxylic acids is 1. The number of benzene rings is 1. The summed E-state index contributed by atoms with van der Waals surface area (Å²) in [7, 11) is 0. The van der Waals surface area contributed by atoms with Gasteiger partial charge in [-0.15, -0.1) is 0 Å². The highest BCUT2D eigenvalue weighted by Gasteiger charge is 2.04. The number of unbranched alkanes of at least 4 members (excludes halogenated alkanes) is 7. The second-order valence-corrected chi connectivity index (χ2v) is 8.09. The first-order chi connectivity index (χ1) is 14.8. The van der Waals surface area contributed by atoms with Gasteiger partial charge in [0.15, 0.2) is 0 Å². The van der Waals surface area contributed by atoms with Crippen LogP contribution in [0.5, 0.6) is 0 Å².